The summed E-state index contributed by atoms with van der Waals surface area (Å²) in [5, 5.41) is 12.1. The molecule has 0 fully saturated rings. The van der Waals surface area contributed by atoms with E-state index in [1.165, 1.54) is 18.5 Å². The van der Waals surface area contributed by atoms with Crippen molar-refractivity contribution in [3.05, 3.63) is 72.2 Å². The maximum Gasteiger partial charge on any atom is 0.320 e. The normalized spacial score (nSPS) is 12.0. The van der Waals surface area contributed by atoms with Gasteiger partial charge in [0.15, 0.2) is 11.6 Å². The van der Waals surface area contributed by atoms with Gasteiger partial charge in [-0.05, 0) is 18.6 Å². The van der Waals surface area contributed by atoms with Gasteiger partial charge in [-0.25, -0.2) is 19.2 Å². The lowest BCUT2D eigenvalue weighted by atomic mass is 10.1. The first-order valence-corrected chi connectivity index (χ1v) is 8.80. The molecule has 1 unspecified atom stereocenters. The molecule has 4 aromatic rings. The number of aromatic nitrogens is 4. The number of nitrogens with zero attached hydrogens (tertiary/aromatic N) is 3. The quantitative estimate of drug-likeness (QED) is 0.453. The van der Waals surface area contributed by atoms with Crippen LogP contribution in [0.25, 0.3) is 22.2 Å². The minimum absolute atomic E-state index is 0.0543. The average molecular weight is 394 g/mol. The molecule has 0 spiro atoms. The summed E-state index contributed by atoms with van der Waals surface area (Å²) in [6.07, 6.45) is 2.66. The third-order valence-corrected chi connectivity index (χ3v) is 4.43. The van der Waals surface area contributed by atoms with E-state index in [-0.39, 0.29) is 17.4 Å². The molecule has 0 saturated carbocycles. The van der Waals surface area contributed by atoms with Crippen molar-refractivity contribution in [2.24, 2.45) is 0 Å². The molecule has 0 saturated heterocycles. The summed E-state index contributed by atoms with van der Waals surface area (Å²) in [4.78, 5) is 19.7. The van der Waals surface area contributed by atoms with Crippen molar-refractivity contribution in [2.75, 3.05) is 5.32 Å². The molecule has 146 valence electrons. The lowest BCUT2D eigenvalue weighted by molar-refractivity contribution is 0.249. The topological polar surface area (TPSA) is 95.6 Å². The monoisotopic (exact) mass is 394 g/mol. The van der Waals surface area contributed by atoms with E-state index in [1.807, 2.05) is 37.3 Å². The van der Waals surface area contributed by atoms with Crippen LogP contribution in [0, 0.1) is 11.8 Å². The summed E-state index contributed by atoms with van der Waals surface area (Å²) in [5.74, 6) is -1.68. The highest BCUT2D eigenvalue weighted by atomic mass is 19.1. The van der Waals surface area contributed by atoms with E-state index in [0.717, 1.165) is 5.56 Å². The fourth-order valence-corrected chi connectivity index (χ4v) is 2.97. The van der Waals surface area contributed by atoms with Gasteiger partial charge in [0.2, 0.25) is 5.95 Å². The molecule has 0 radical (unpaired) electrons. The highest BCUT2D eigenvalue weighted by molar-refractivity contribution is 5.96. The zero-order valence-corrected chi connectivity index (χ0v) is 15.3. The van der Waals surface area contributed by atoms with E-state index in [2.05, 4.69) is 30.8 Å². The number of nitrogens with one attached hydrogen (secondary N) is 3. The number of hydrogen-bond acceptors (Lipinski definition) is 4. The van der Waals surface area contributed by atoms with Crippen molar-refractivity contribution < 1.29 is 13.6 Å². The van der Waals surface area contributed by atoms with E-state index in [0.29, 0.717) is 16.6 Å². The molecule has 0 aliphatic heterocycles. The molecule has 7 nitrogen and oxygen atoms in total. The minimum Gasteiger partial charge on any atom is -0.331 e. The molecule has 9 heteroatoms. The maximum absolute atomic E-state index is 14.8. The summed E-state index contributed by atoms with van der Waals surface area (Å²) in [7, 11) is 0. The van der Waals surface area contributed by atoms with Crippen molar-refractivity contribution in [3.63, 3.8) is 0 Å². The first-order chi connectivity index (χ1) is 14.0. The summed E-state index contributed by atoms with van der Waals surface area (Å²) in [5.41, 5.74) is 1.73. The number of fused-ring (bicyclic) bond motifs is 1. The van der Waals surface area contributed by atoms with Crippen LogP contribution >= 0.6 is 0 Å². The fourth-order valence-electron chi connectivity index (χ4n) is 2.97. The Morgan fingerprint density at radius 3 is 2.69 bits per heavy atom. The third-order valence-electron chi connectivity index (χ3n) is 4.43. The van der Waals surface area contributed by atoms with Gasteiger partial charge >= 0.3 is 6.03 Å². The van der Waals surface area contributed by atoms with Crippen LogP contribution in [-0.4, -0.2) is 26.2 Å². The Labute approximate surface area is 164 Å². The van der Waals surface area contributed by atoms with Crippen molar-refractivity contribution in [2.45, 2.75) is 13.0 Å². The predicted octanol–water partition coefficient (Wildman–Crippen LogP) is 4.18. The number of urea groups is 1. The van der Waals surface area contributed by atoms with Gasteiger partial charge in [-0.3, -0.25) is 10.4 Å². The first kappa shape index (κ1) is 18.5. The number of rotatable bonds is 4. The number of hydrogen-bond donors (Lipinski definition) is 3. The highest BCUT2D eigenvalue weighted by Gasteiger charge is 2.18. The van der Waals surface area contributed by atoms with Gasteiger partial charge in [0.25, 0.3) is 0 Å². The number of carbonyl (C=O) groups excluding carboxylic acids is 1. The van der Waals surface area contributed by atoms with Crippen LogP contribution in [0.5, 0.6) is 0 Å². The third kappa shape index (κ3) is 3.75. The summed E-state index contributed by atoms with van der Waals surface area (Å²) in [6, 6.07) is 11.2. The Morgan fingerprint density at radius 2 is 1.93 bits per heavy atom. The standard InChI is InChI=1S/C20H16F2N6O/c1-11(12-5-3-2-4-6-12)25-20(29)26-19-16(22)18-14(10-24-19)17(27-28-18)13-7-8-23-15(21)9-13/h2-11H,1H3,(H,27,28)(H2,24,25,26,29). The molecule has 1 atom stereocenters. The molecule has 2 amide bonds. The summed E-state index contributed by atoms with van der Waals surface area (Å²) >= 11 is 0. The second-order valence-electron chi connectivity index (χ2n) is 6.38. The highest BCUT2D eigenvalue weighted by Crippen LogP contribution is 2.29. The second kappa shape index (κ2) is 7.63. The van der Waals surface area contributed by atoms with Gasteiger partial charge in [-0.2, -0.15) is 9.49 Å². The van der Waals surface area contributed by atoms with Gasteiger partial charge < -0.3 is 5.32 Å². The van der Waals surface area contributed by atoms with Crippen LogP contribution < -0.4 is 10.6 Å². The number of halogens is 2. The smallest absolute Gasteiger partial charge is 0.320 e. The van der Waals surface area contributed by atoms with Crippen LogP contribution in [-0.2, 0) is 0 Å². The molecule has 29 heavy (non-hydrogen) atoms. The molecule has 3 heterocycles. The van der Waals surface area contributed by atoms with E-state index in [4.69, 9.17) is 0 Å². The predicted molar refractivity (Wildman–Crippen MR) is 104 cm³/mol. The lowest BCUT2D eigenvalue weighted by Gasteiger charge is -2.15. The van der Waals surface area contributed by atoms with E-state index < -0.39 is 17.8 Å². The first-order valence-electron chi connectivity index (χ1n) is 8.80. The SMILES string of the molecule is CC(NC(=O)Nc1ncc2c(-c3ccnc(F)c3)n[nH]c2c1F)c1ccccc1. The number of carbonyl (C=O) groups is 1. The Balaban J connectivity index is 1.56. The largest absolute Gasteiger partial charge is 0.331 e. The van der Waals surface area contributed by atoms with Crippen molar-refractivity contribution in [1.82, 2.24) is 25.5 Å². The minimum atomic E-state index is -0.765. The number of pyridine rings is 2. The molecule has 0 bridgehead atoms. The molecule has 4 rings (SSSR count). The zero-order valence-electron chi connectivity index (χ0n) is 15.3. The molecular weight excluding hydrogens is 378 g/mol. The number of amides is 2. The Morgan fingerprint density at radius 1 is 1.14 bits per heavy atom. The van der Waals surface area contributed by atoms with Crippen LogP contribution in [0.15, 0.2) is 54.9 Å². The van der Waals surface area contributed by atoms with Crippen molar-refractivity contribution in [1.29, 1.82) is 0 Å². The second-order valence-corrected chi connectivity index (χ2v) is 6.38. The number of aromatic amines is 1. The van der Waals surface area contributed by atoms with E-state index in [9.17, 15) is 13.6 Å². The Hall–Kier alpha value is -3.88. The molecular formula is C20H16F2N6O. The van der Waals surface area contributed by atoms with E-state index in [1.54, 1.807) is 6.07 Å². The van der Waals surface area contributed by atoms with Crippen LogP contribution in [0.3, 0.4) is 0 Å². The maximum atomic E-state index is 14.8. The van der Waals surface area contributed by atoms with E-state index >= 15 is 0 Å². The zero-order chi connectivity index (χ0) is 20.4. The summed E-state index contributed by atoms with van der Waals surface area (Å²) < 4.78 is 28.2. The fraction of sp³-hybridized carbons (Fsp3) is 0.100. The lowest BCUT2D eigenvalue weighted by Crippen LogP contribution is -2.31. The van der Waals surface area contributed by atoms with Gasteiger partial charge in [0.05, 0.1) is 6.04 Å². The van der Waals surface area contributed by atoms with Crippen molar-refractivity contribution in [3.8, 4) is 11.3 Å². The Kier molecular flexibility index (Phi) is 4.86. The average Bonchev–Trinajstić information content (AvgIpc) is 3.15. The molecule has 3 N–H and O–H groups in total. The number of H-pyrrole nitrogens is 1. The van der Waals surface area contributed by atoms with Gasteiger partial charge in [-0.15, -0.1) is 0 Å². The van der Waals surface area contributed by atoms with Crippen LogP contribution in [0.1, 0.15) is 18.5 Å². The molecule has 1 aromatic carbocycles. The van der Waals surface area contributed by atoms with Gasteiger partial charge in [0.1, 0.15) is 11.2 Å². The van der Waals surface area contributed by atoms with Crippen LogP contribution in [0.2, 0.25) is 0 Å². The molecule has 0 aliphatic carbocycles. The molecule has 3 aromatic heterocycles. The number of anilines is 1. The van der Waals surface area contributed by atoms with Crippen LogP contribution in [0.4, 0.5) is 19.4 Å². The summed E-state index contributed by atoms with van der Waals surface area (Å²) in [6.45, 7) is 1.82. The van der Waals surface area contributed by atoms with Gasteiger partial charge in [0, 0.05) is 29.4 Å². The Bertz CT molecular complexity index is 1180. The van der Waals surface area contributed by atoms with Gasteiger partial charge in [-0.1, -0.05) is 30.3 Å². The van der Waals surface area contributed by atoms with Crippen molar-refractivity contribution >= 4 is 22.8 Å². The molecule has 0 aliphatic rings. The number of benzene rings is 1.